The van der Waals surface area contributed by atoms with Crippen molar-refractivity contribution in [3.05, 3.63) is 29.9 Å². The Labute approximate surface area is 122 Å². The Morgan fingerprint density at radius 3 is 3.00 bits per heavy atom. The van der Waals surface area contributed by atoms with Gasteiger partial charge in [-0.1, -0.05) is 11.6 Å². The summed E-state index contributed by atoms with van der Waals surface area (Å²) in [7, 11) is 0. The fourth-order valence-electron chi connectivity index (χ4n) is 3.65. The highest BCUT2D eigenvalue weighted by Gasteiger charge is 2.21. The second-order valence-corrected chi connectivity index (χ2v) is 6.48. The third-order valence-electron chi connectivity index (χ3n) is 4.79. The molecule has 0 spiro atoms. The minimum atomic E-state index is 0.792. The minimum absolute atomic E-state index is 0.792. The Hall–Kier alpha value is -1.09. The molecule has 110 valence electrons. The molecule has 2 heterocycles. The number of aryl methyl sites for hydroxylation is 1. The Balaban J connectivity index is 1.53. The molecule has 20 heavy (non-hydrogen) atoms. The zero-order valence-corrected chi connectivity index (χ0v) is 12.7. The Kier molecular flexibility index (Phi) is 4.56. The fourth-order valence-corrected chi connectivity index (χ4v) is 3.65. The summed E-state index contributed by atoms with van der Waals surface area (Å²) in [6.07, 6.45) is 14.7. The summed E-state index contributed by atoms with van der Waals surface area (Å²) in [6, 6.07) is 0. The van der Waals surface area contributed by atoms with Gasteiger partial charge in [0, 0.05) is 32.0 Å². The summed E-state index contributed by atoms with van der Waals surface area (Å²) in [5.41, 5.74) is 1.69. The van der Waals surface area contributed by atoms with Crippen molar-refractivity contribution in [3.8, 4) is 0 Å². The first kappa shape index (κ1) is 13.9. The number of allylic oxidation sites excluding steroid dienone is 1. The second-order valence-electron chi connectivity index (χ2n) is 6.48. The summed E-state index contributed by atoms with van der Waals surface area (Å²) in [6.45, 7) is 7.01. The molecule has 0 bridgehead atoms. The van der Waals surface area contributed by atoms with Gasteiger partial charge in [-0.25, -0.2) is 4.98 Å². The molecule has 2 aliphatic rings. The van der Waals surface area contributed by atoms with Crippen LogP contribution in [0.1, 0.15) is 44.3 Å². The van der Waals surface area contributed by atoms with Gasteiger partial charge in [0.05, 0.1) is 0 Å². The van der Waals surface area contributed by atoms with Crippen LogP contribution in [0.5, 0.6) is 0 Å². The number of aromatic nitrogens is 2. The highest BCUT2D eigenvalue weighted by atomic mass is 15.1. The summed E-state index contributed by atoms with van der Waals surface area (Å²) >= 11 is 0. The van der Waals surface area contributed by atoms with Crippen molar-refractivity contribution in [3.63, 3.8) is 0 Å². The Bertz CT molecular complexity index is 461. The van der Waals surface area contributed by atoms with E-state index < -0.39 is 0 Å². The van der Waals surface area contributed by atoms with Gasteiger partial charge in [-0.15, -0.1) is 0 Å². The molecule has 0 saturated carbocycles. The number of rotatable bonds is 4. The Morgan fingerprint density at radius 1 is 1.30 bits per heavy atom. The molecule has 1 saturated heterocycles. The normalized spacial score (nSPS) is 24.6. The van der Waals surface area contributed by atoms with Gasteiger partial charge < -0.3 is 4.57 Å². The first-order chi connectivity index (χ1) is 9.81. The number of nitrogens with zero attached hydrogens (tertiary/aromatic N) is 3. The van der Waals surface area contributed by atoms with Gasteiger partial charge in [0.1, 0.15) is 5.82 Å². The predicted octanol–water partition coefficient (Wildman–Crippen LogP) is 3.40. The van der Waals surface area contributed by atoms with Gasteiger partial charge in [0.25, 0.3) is 0 Å². The molecule has 1 atom stereocenters. The molecule has 1 aromatic rings. The molecule has 3 rings (SSSR count). The molecule has 1 aliphatic heterocycles. The lowest BCUT2D eigenvalue weighted by molar-refractivity contribution is 0.172. The zero-order valence-electron chi connectivity index (χ0n) is 12.7. The topological polar surface area (TPSA) is 21.1 Å². The number of hydrogen-bond acceptors (Lipinski definition) is 2. The van der Waals surface area contributed by atoms with Gasteiger partial charge in [-0.05, 0) is 57.9 Å². The van der Waals surface area contributed by atoms with Crippen molar-refractivity contribution in [2.75, 3.05) is 19.6 Å². The van der Waals surface area contributed by atoms with Gasteiger partial charge in [0.2, 0.25) is 0 Å². The van der Waals surface area contributed by atoms with E-state index in [-0.39, 0.29) is 0 Å². The quantitative estimate of drug-likeness (QED) is 0.784. The van der Waals surface area contributed by atoms with E-state index in [0.29, 0.717) is 0 Å². The van der Waals surface area contributed by atoms with Crippen LogP contribution >= 0.6 is 0 Å². The van der Waals surface area contributed by atoms with E-state index in [9.17, 15) is 0 Å². The molecular weight excluding hydrogens is 246 g/mol. The molecule has 0 aromatic carbocycles. The van der Waals surface area contributed by atoms with Crippen molar-refractivity contribution in [1.29, 1.82) is 0 Å². The van der Waals surface area contributed by atoms with E-state index in [0.717, 1.165) is 18.3 Å². The molecule has 0 unspecified atom stereocenters. The van der Waals surface area contributed by atoms with Crippen LogP contribution < -0.4 is 0 Å². The van der Waals surface area contributed by atoms with Crippen LogP contribution in [-0.2, 0) is 6.54 Å². The van der Waals surface area contributed by atoms with Crippen LogP contribution in [-0.4, -0.2) is 34.1 Å². The van der Waals surface area contributed by atoms with Crippen LogP contribution in [0.2, 0.25) is 0 Å². The third-order valence-corrected chi connectivity index (χ3v) is 4.79. The zero-order chi connectivity index (χ0) is 13.8. The Morgan fingerprint density at radius 2 is 2.25 bits per heavy atom. The average Bonchev–Trinajstić information content (AvgIpc) is 2.86. The van der Waals surface area contributed by atoms with Crippen LogP contribution in [0.4, 0.5) is 0 Å². The molecule has 1 fully saturated rings. The van der Waals surface area contributed by atoms with Crippen molar-refractivity contribution < 1.29 is 0 Å². The molecular formula is C17H27N3. The lowest BCUT2D eigenvalue weighted by Gasteiger charge is -2.34. The van der Waals surface area contributed by atoms with Gasteiger partial charge >= 0.3 is 0 Å². The van der Waals surface area contributed by atoms with Crippen LogP contribution in [0.3, 0.4) is 0 Å². The molecule has 3 nitrogen and oxygen atoms in total. The van der Waals surface area contributed by atoms with Crippen LogP contribution in [0, 0.1) is 12.8 Å². The van der Waals surface area contributed by atoms with E-state index in [4.69, 9.17) is 0 Å². The highest BCUT2D eigenvalue weighted by Crippen LogP contribution is 2.23. The molecule has 0 radical (unpaired) electrons. The number of piperidine rings is 1. The SMILES string of the molecule is Cc1nccn1C[C@H]1CCCN(CC2=CCCCC2)C1. The maximum Gasteiger partial charge on any atom is 0.105 e. The highest BCUT2D eigenvalue weighted by molar-refractivity contribution is 5.07. The van der Waals surface area contributed by atoms with E-state index in [1.54, 1.807) is 5.57 Å². The number of imidazole rings is 1. The van der Waals surface area contributed by atoms with Crippen LogP contribution in [0.15, 0.2) is 24.0 Å². The number of likely N-dealkylation sites (tertiary alicyclic amines) is 1. The predicted molar refractivity (Wildman–Crippen MR) is 82.7 cm³/mol. The molecule has 3 heteroatoms. The molecule has 1 aromatic heterocycles. The largest absolute Gasteiger partial charge is 0.335 e. The third kappa shape index (κ3) is 3.51. The van der Waals surface area contributed by atoms with Gasteiger partial charge in [-0.2, -0.15) is 0 Å². The van der Waals surface area contributed by atoms with Crippen molar-refractivity contribution in [1.82, 2.24) is 14.5 Å². The lowest BCUT2D eigenvalue weighted by atomic mass is 9.95. The van der Waals surface area contributed by atoms with Gasteiger partial charge in [-0.3, -0.25) is 4.90 Å². The lowest BCUT2D eigenvalue weighted by Crippen LogP contribution is -2.38. The van der Waals surface area contributed by atoms with E-state index in [1.807, 2.05) is 6.20 Å². The summed E-state index contributed by atoms with van der Waals surface area (Å²) in [4.78, 5) is 7.01. The maximum absolute atomic E-state index is 4.33. The van der Waals surface area contributed by atoms with Crippen molar-refractivity contribution in [2.24, 2.45) is 5.92 Å². The standard InChI is InChI=1S/C17H27N3/c1-15-18-9-11-20(15)14-17-8-5-10-19(13-17)12-16-6-3-2-4-7-16/h6,9,11,17H,2-5,7-8,10,12-14H2,1H3/t17-/m0/s1. The molecule has 1 aliphatic carbocycles. The van der Waals surface area contributed by atoms with Crippen LogP contribution in [0.25, 0.3) is 0 Å². The summed E-state index contributed by atoms with van der Waals surface area (Å²) < 4.78 is 2.31. The van der Waals surface area contributed by atoms with E-state index >= 15 is 0 Å². The van der Waals surface area contributed by atoms with Crippen molar-refractivity contribution in [2.45, 2.75) is 52.0 Å². The first-order valence-corrected chi connectivity index (χ1v) is 8.19. The fraction of sp³-hybridized carbons (Fsp3) is 0.706. The summed E-state index contributed by atoms with van der Waals surface area (Å²) in [5, 5.41) is 0. The average molecular weight is 273 g/mol. The summed E-state index contributed by atoms with van der Waals surface area (Å²) in [5.74, 6) is 1.94. The van der Waals surface area contributed by atoms with E-state index in [2.05, 4.69) is 33.6 Å². The van der Waals surface area contributed by atoms with Gasteiger partial charge in [0.15, 0.2) is 0 Å². The van der Waals surface area contributed by atoms with E-state index in [1.165, 1.54) is 58.2 Å². The maximum atomic E-state index is 4.33. The molecule has 0 amide bonds. The van der Waals surface area contributed by atoms with Crippen molar-refractivity contribution >= 4 is 0 Å². The second kappa shape index (κ2) is 6.57. The number of hydrogen-bond donors (Lipinski definition) is 0. The monoisotopic (exact) mass is 273 g/mol. The smallest absolute Gasteiger partial charge is 0.105 e. The first-order valence-electron chi connectivity index (χ1n) is 8.19. The minimum Gasteiger partial charge on any atom is -0.335 e. The molecule has 0 N–H and O–H groups in total.